The summed E-state index contributed by atoms with van der Waals surface area (Å²) in [6.45, 7) is 1.79. The Morgan fingerprint density at radius 3 is 2.72 bits per heavy atom. The van der Waals surface area contributed by atoms with Gasteiger partial charge in [0.1, 0.15) is 5.82 Å². The van der Waals surface area contributed by atoms with Gasteiger partial charge in [0.15, 0.2) is 5.65 Å². The van der Waals surface area contributed by atoms with Crippen molar-refractivity contribution in [2.75, 3.05) is 5.73 Å². The van der Waals surface area contributed by atoms with Crippen LogP contribution in [0.25, 0.3) is 16.8 Å². The highest BCUT2D eigenvalue weighted by molar-refractivity contribution is 5.86. The second kappa shape index (κ2) is 3.73. The molecule has 2 heterocycles. The van der Waals surface area contributed by atoms with Crippen molar-refractivity contribution in [3.8, 4) is 11.1 Å². The Morgan fingerprint density at radius 1 is 1.28 bits per heavy atom. The molecule has 5 nitrogen and oxygen atoms in total. The predicted octanol–water partition coefficient (Wildman–Crippen LogP) is 1.58. The van der Waals surface area contributed by atoms with Gasteiger partial charge in [-0.05, 0) is 12.5 Å². The van der Waals surface area contributed by atoms with Gasteiger partial charge in [-0.2, -0.15) is 4.52 Å². The van der Waals surface area contributed by atoms with Crippen molar-refractivity contribution in [2.24, 2.45) is 0 Å². The number of fused-ring (bicyclic) bond motifs is 1. The van der Waals surface area contributed by atoms with Gasteiger partial charge in [-0.1, -0.05) is 30.3 Å². The zero-order chi connectivity index (χ0) is 12.7. The standard InChI is InChI=1S/C13H12N4O/c1-8-7-10(18)17-13(15-8)11(12(14)16-17)9-5-3-2-4-6-9/h2-7,16H,14H2,1H3. The number of aromatic nitrogens is 3. The normalized spacial score (nSPS) is 10.9. The van der Waals surface area contributed by atoms with E-state index < -0.39 is 0 Å². The molecule has 3 aromatic rings. The van der Waals surface area contributed by atoms with E-state index in [1.807, 2.05) is 30.3 Å². The third-order valence-electron chi connectivity index (χ3n) is 2.83. The molecular weight excluding hydrogens is 228 g/mol. The minimum Gasteiger partial charge on any atom is -0.384 e. The van der Waals surface area contributed by atoms with E-state index in [0.717, 1.165) is 11.1 Å². The minimum atomic E-state index is -0.161. The van der Waals surface area contributed by atoms with Gasteiger partial charge >= 0.3 is 0 Å². The molecule has 0 saturated heterocycles. The predicted molar refractivity (Wildman–Crippen MR) is 70.4 cm³/mol. The summed E-state index contributed by atoms with van der Waals surface area (Å²) in [6.07, 6.45) is 0. The zero-order valence-corrected chi connectivity index (χ0v) is 9.84. The van der Waals surface area contributed by atoms with Crippen molar-refractivity contribution in [1.82, 2.24) is 14.6 Å². The van der Waals surface area contributed by atoms with Gasteiger partial charge < -0.3 is 5.73 Å². The molecule has 0 atom stereocenters. The number of hydrogen-bond donors (Lipinski definition) is 2. The molecule has 3 N–H and O–H groups in total. The number of benzene rings is 1. The maximum Gasteiger partial charge on any atom is 0.272 e. The van der Waals surface area contributed by atoms with Gasteiger partial charge in [-0.3, -0.25) is 9.89 Å². The maximum absolute atomic E-state index is 11.8. The van der Waals surface area contributed by atoms with E-state index in [9.17, 15) is 4.79 Å². The number of nitrogens with one attached hydrogen (secondary N) is 1. The van der Waals surface area contributed by atoms with Crippen LogP contribution in [0.5, 0.6) is 0 Å². The van der Waals surface area contributed by atoms with Crippen LogP contribution in [0.15, 0.2) is 41.2 Å². The van der Waals surface area contributed by atoms with E-state index in [-0.39, 0.29) is 5.56 Å². The molecule has 0 aliphatic heterocycles. The summed E-state index contributed by atoms with van der Waals surface area (Å²) in [6, 6.07) is 11.1. The van der Waals surface area contributed by atoms with E-state index in [1.165, 1.54) is 10.6 Å². The lowest BCUT2D eigenvalue weighted by Crippen LogP contribution is -2.14. The number of nitrogens with two attached hydrogens (primary N) is 1. The fraction of sp³-hybridized carbons (Fsp3) is 0.0769. The monoisotopic (exact) mass is 240 g/mol. The van der Waals surface area contributed by atoms with E-state index in [4.69, 9.17) is 5.73 Å². The van der Waals surface area contributed by atoms with Crippen molar-refractivity contribution in [3.05, 3.63) is 52.4 Å². The molecule has 1 aromatic carbocycles. The van der Waals surface area contributed by atoms with Crippen molar-refractivity contribution in [2.45, 2.75) is 6.92 Å². The van der Waals surface area contributed by atoms with Gasteiger partial charge in [-0.25, -0.2) is 4.98 Å². The van der Waals surface area contributed by atoms with Crippen molar-refractivity contribution < 1.29 is 0 Å². The lowest BCUT2D eigenvalue weighted by atomic mass is 10.1. The minimum absolute atomic E-state index is 0.161. The van der Waals surface area contributed by atoms with Crippen LogP contribution < -0.4 is 11.3 Å². The first-order chi connectivity index (χ1) is 8.66. The van der Waals surface area contributed by atoms with Gasteiger partial charge in [0.05, 0.1) is 5.56 Å². The van der Waals surface area contributed by atoms with Crippen LogP contribution in [-0.4, -0.2) is 14.6 Å². The Hall–Kier alpha value is -2.56. The van der Waals surface area contributed by atoms with Crippen LogP contribution in [-0.2, 0) is 0 Å². The maximum atomic E-state index is 11.8. The van der Waals surface area contributed by atoms with E-state index in [2.05, 4.69) is 10.1 Å². The molecular formula is C13H12N4O. The largest absolute Gasteiger partial charge is 0.384 e. The highest BCUT2D eigenvalue weighted by Gasteiger charge is 2.13. The first kappa shape index (κ1) is 10.6. The molecule has 0 fully saturated rings. The van der Waals surface area contributed by atoms with Crippen LogP contribution >= 0.6 is 0 Å². The highest BCUT2D eigenvalue weighted by atomic mass is 16.1. The van der Waals surface area contributed by atoms with Crippen LogP contribution in [0, 0.1) is 6.92 Å². The average molecular weight is 240 g/mol. The van der Waals surface area contributed by atoms with Gasteiger partial charge in [-0.15, -0.1) is 0 Å². The Bertz CT molecular complexity index is 771. The molecule has 2 aromatic heterocycles. The van der Waals surface area contributed by atoms with Gasteiger partial charge in [0.25, 0.3) is 5.56 Å². The van der Waals surface area contributed by atoms with E-state index in [0.29, 0.717) is 17.2 Å². The lowest BCUT2D eigenvalue weighted by molar-refractivity contribution is 0.895. The summed E-state index contributed by atoms with van der Waals surface area (Å²) in [5.74, 6) is 0.441. The van der Waals surface area contributed by atoms with Crippen LogP contribution in [0.1, 0.15) is 5.69 Å². The second-order valence-electron chi connectivity index (χ2n) is 4.16. The lowest BCUT2D eigenvalue weighted by Gasteiger charge is -2.00. The molecule has 0 radical (unpaired) electrons. The average Bonchev–Trinajstić information content (AvgIpc) is 2.67. The molecule has 18 heavy (non-hydrogen) atoms. The van der Waals surface area contributed by atoms with Crippen LogP contribution in [0.4, 0.5) is 5.82 Å². The van der Waals surface area contributed by atoms with Crippen LogP contribution in [0.3, 0.4) is 0 Å². The van der Waals surface area contributed by atoms with E-state index in [1.54, 1.807) is 6.92 Å². The molecule has 0 unspecified atom stereocenters. The quantitative estimate of drug-likeness (QED) is 0.678. The molecule has 0 amide bonds. The van der Waals surface area contributed by atoms with Crippen molar-refractivity contribution in [1.29, 1.82) is 0 Å². The molecule has 5 heteroatoms. The molecule has 0 aliphatic rings. The smallest absolute Gasteiger partial charge is 0.272 e. The number of anilines is 1. The van der Waals surface area contributed by atoms with Gasteiger partial charge in [0, 0.05) is 11.8 Å². The fourth-order valence-corrected chi connectivity index (χ4v) is 2.06. The second-order valence-corrected chi connectivity index (χ2v) is 4.16. The Morgan fingerprint density at radius 2 is 2.00 bits per heavy atom. The Balaban J connectivity index is 2.43. The SMILES string of the molecule is Cc1cc(=O)n2[nH]c(N)c(-c3ccccc3)c2n1. The Kier molecular flexibility index (Phi) is 2.19. The van der Waals surface area contributed by atoms with Crippen molar-refractivity contribution >= 4 is 11.5 Å². The van der Waals surface area contributed by atoms with Crippen LogP contribution in [0.2, 0.25) is 0 Å². The molecule has 90 valence electrons. The molecule has 3 rings (SSSR count). The molecule has 0 spiro atoms. The number of rotatable bonds is 1. The molecule has 0 saturated carbocycles. The first-order valence-electron chi connectivity index (χ1n) is 5.60. The number of aromatic amines is 1. The summed E-state index contributed by atoms with van der Waals surface area (Å²) < 4.78 is 1.37. The number of aryl methyl sites for hydroxylation is 1. The third-order valence-corrected chi connectivity index (χ3v) is 2.83. The van der Waals surface area contributed by atoms with Gasteiger partial charge in [0.2, 0.25) is 0 Å². The summed E-state index contributed by atoms with van der Waals surface area (Å²) in [4.78, 5) is 16.2. The summed E-state index contributed by atoms with van der Waals surface area (Å²) >= 11 is 0. The number of nitrogens with zero attached hydrogens (tertiary/aromatic N) is 2. The Labute approximate surface area is 103 Å². The topological polar surface area (TPSA) is 76.2 Å². The molecule has 0 aliphatic carbocycles. The molecule has 0 bridgehead atoms. The van der Waals surface area contributed by atoms with E-state index >= 15 is 0 Å². The first-order valence-corrected chi connectivity index (χ1v) is 5.60. The summed E-state index contributed by atoms with van der Waals surface area (Å²) in [7, 11) is 0. The zero-order valence-electron chi connectivity index (χ0n) is 9.84. The summed E-state index contributed by atoms with van der Waals surface area (Å²) in [5, 5.41) is 2.84. The fourth-order valence-electron chi connectivity index (χ4n) is 2.06. The third kappa shape index (κ3) is 1.48. The number of nitrogen functional groups attached to an aromatic ring is 1. The summed E-state index contributed by atoms with van der Waals surface area (Å²) in [5.41, 5.74) is 8.72. The van der Waals surface area contributed by atoms with Crippen molar-refractivity contribution in [3.63, 3.8) is 0 Å². The number of H-pyrrole nitrogens is 1. The highest BCUT2D eigenvalue weighted by Crippen LogP contribution is 2.28. The number of hydrogen-bond acceptors (Lipinski definition) is 3.